The molecule has 0 aliphatic carbocycles. The van der Waals surface area contributed by atoms with Crippen LogP contribution < -0.4 is 0 Å². The molecule has 0 aromatic carbocycles. The van der Waals surface area contributed by atoms with Gasteiger partial charge in [0.15, 0.2) is 0 Å². The Morgan fingerprint density at radius 1 is 1.14 bits per heavy atom. The van der Waals surface area contributed by atoms with E-state index in [-0.39, 0.29) is 17.9 Å². The molecule has 2 fully saturated rings. The van der Waals surface area contributed by atoms with Gasteiger partial charge in [-0.25, -0.2) is 0 Å². The van der Waals surface area contributed by atoms with Crippen molar-refractivity contribution in [1.82, 2.24) is 14.7 Å². The average molecular weight is 309 g/mol. The first kappa shape index (κ1) is 17.3. The Morgan fingerprint density at radius 3 is 2.55 bits per heavy atom. The van der Waals surface area contributed by atoms with Crippen LogP contribution in [0.4, 0.5) is 0 Å². The van der Waals surface area contributed by atoms with Crippen molar-refractivity contribution in [3.8, 4) is 0 Å². The summed E-state index contributed by atoms with van der Waals surface area (Å²) in [4.78, 5) is 31.1. The molecule has 126 valence electrons. The zero-order chi connectivity index (χ0) is 16.1. The first-order valence-electron chi connectivity index (χ1n) is 8.79. The highest BCUT2D eigenvalue weighted by Crippen LogP contribution is 2.21. The Hall–Kier alpha value is -1.10. The third-order valence-electron chi connectivity index (χ3n) is 5.10. The van der Waals surface area contributed by atoms with Gasteiger partial charge < -0.3 is 14.7 Å². The number of amides is 2. The van der Waals surface area contributed by atoms with E-state index in [1.165, 1.54) is 6.42 Å². The van der Waals surface area contributed by atoms with Crippen molar-refractivity contribution in [2.75, 3.05) is 33.7 Å². The second-order valence-corrected chi connectivity index (χ2v) is 6.84. The van der Waals surface area contributed by atoms with Gasteiger partial charge in [-0.05, 0) is 52.1 Å². The smallest absolute Gasteiger partial charge is 0.245 e. The molecule has 0 aromatic heterocycles. The minimum absolute atomic E-state index is 0.129. The summed E-state index contributed by atoms with van der Waals surface area (Å²) in [6.07, 6.45) is 6.67. The van der Waals surface area contributed by atoms with Crippen LogP contribution in [-0.4, -0.2) is 72.3 Å². The van der Waals surface area contributed by atoms with E-state index in [0.29, 0.717) is 12.5 Å². The van der Waals surface area contributed by atoms with Gasteiger partial charge in [0.2, 0.25) is 11.8 Å². The van der Waals surface area contributed by atoms with Crippen LogP contribution in [0, 0.1) is 0 Å². The molecule has 0 spiro atoms. The summed E-state index contributed by atoms with van der Waals surface area (Å²) in [7, 11) is 4.03. The monoisotopic (exact) mass is 309 g/mol. The van der Waals surface area contributed by atoms with E-state index in [9.17, 15) is 9.59 Å². The van der Waals surface area contributed by atoms with Crippen LogP contribution >= 0.6 is 0 Å². The molecule has 2 aliphatic heterocycles. The Morgan fingerprint density at radius 2 is 1.91 bits per heavy atom. The Balaban J connectivity index is 1.97. The molecular weight excluding hydrogens is 278 g/mol. The summed E-state index contributed by atoms with van der Waals surface area (Å²) in [6.45, 7) is 4.66. The zero-order valence-electron chi connectivity index (χ0n) is 14.4. The standard InChI is InChI=1S/C17H31N3O2/c1-4-8-16(21)20-12-6-5-10-15(20)17(22)19(3)13-14-9-7-11-18(14)2/h14-15H,4-13H2,1-3H3/t14-,15+/m1/s1. The van der Waals surface area contributed by atoms with E-state index in [0.717, 1.165) is 51.7 Å². The third-order valence-corrected chi connectivity index (χ3v) is 5.10. The summed E-state index contributed by atoms with van der Waals surface area (Å²) in [5.41, 5.74) is 0. The van der Waals surface area contributed by atoms with Crippen molar-refractivity contribution in [3.05, 3.63) is 0 Å². The first-order chi connectivity index (χ1) is 10.5. The lowest BCUT2D eigenvalue weighted by molar-refractivity contribution is -0.147. The lowest BCUT2D eigenvalue weighted by atomic mass is 10.00. The number of piperidine rings is 1. The van der Waals surface area contributed by atoms with Crippen LogP contribution in [0.3, 0.4) is 0 Å². The van der Waals surface area contributed by atoms with E-state index < -0.39 is 0 Å². The maximum absolute atomic E-state index is 12.8. The molecule has 2 aliphatic rings. The van der Waals surface area contributed by atoms with E-state index in [2.05, 4.69) is 11.9 Å². The molecule has 2 atom stereocenters. The fourth-order valence-electron chi connectivity index (χ4n) is 3.71. The molecule has 2 heterocycles. The van der Waals surface area contributed by atoms with Gasteiger partial charge in [0.25, 0.3) is 0 Å². The van der Waals surface area contributed by atoms with Gasteiger partial charge in [0.05, 0.1) is 0 Å². The van der Waals surface area contributed by atoms with Gasteiger partial charge in [-0.2, -0.15) is 0 Å². The Kier molecular flexibility index (Phi) is 6.24. The first-order valence-corrected chi connectivity index (χ1v) is 8.79. The zero-order valence-corrected chi connectivity index (χ0v) is 14.4. The van der Waals surface area contributed by atoms with E-state index in [1.54, 1.807) is 0 Å². The predicted molar refractivity (Wildman–Crippen MR) is 87.5 cm³/mol. The topological polar surface area (TPSA) is 43.9 Å². The number of hydrogen-bond donors (Lipinski definition) is 0. The van der Waals surface area contributed by atoms with Crippen LogP contribution in [0.15, 0.2) is 0 Å². The van der Waals surface area contributed by atoms with Crippen molar-refractivity contribution < 1.29 is 9.59 Å². The number of hydrogen-bond acceptors (Lipinski definition) is 3. The van der Waals surface area contributed by atoms with Crippen LogP contribution in [-0.2, 0) is 9.59 Å². The van der Waals surface area contributed by atoms with Crippen LogP contribution in [0.2, 0.25) is 0 Å². The molecule has 22 heavy (non-hydrogen) atoms. The fraction of sp³-hybridized carbons (Fsp3) is 0.882. The lowest BCUT2D eigenvalue weighted by Gasteiger charge is -2.37. The highest BCUT2D eigenvalue weighted by Gasteiger charge is 2.34. The number of carbonyl (C=O) groups is 2. The van der Waals surface area contributed by atoms with Crippen molar-refractivity contribution in [1.29, 1.82) is 0 Å². The van der Waals surface area contributed by atoms with E-state index >= 15 is 0 Å². The molecule has 0 saturated carbocycles. The average Bonchev–Trinajstić information content (AvgIpc) is 2.92. The summed E-state index contributed by atoms with van der Waals surface area (Å²) < 4.78 is 0. The second kappa shape index (κ2) is 7.95. The maximum atomic E-state index is 12.8. The number of likely N-dealkylation sites (tertiary alicyclic amines) is 2. The molecule has 0 bridgehead atoms. The predicted octanol–water partition coefficient (Wildman–Crippen LogP) is 1.72. The molecular formula is C17H31N3O2. The molecule has 0 aromatic rings. The summed E-state index contributed by atoms with van der Waals surface area (Å²) in [5.74, 6) is 0.274. The molecule has 0 N–H and O–H groups in total. The van der Waals surface area contributed by atoms with E-state index in [4.69, 9.17) is 0 Å². The fourth-order valence-corrected chi connectivity index (χ4v) is 3.71. The highest BCUT2D eigenvalue weighted by molar-refractivity contribution is 5.87. The largest absolute Gasteiger partial charge is 0.342 e. The second-order valence-electron chi connectivity index (χ2n) is 6.84. The summed E-state index contributed by atoms with van der Waals surface area (Å²) >= 11 is 0. The maximum Gasteiger partial charge on any atom is 0.245 e. The normalized spacial score (nSPS) is 26.2. The molecule has 2 amide bonds. The van der Waals surface area contributed by atoms with E-state index in [1.807, 2.05) is 23.8 Å². The van der Waals surface area contributed by atoms with Gasteiger partial charge in [0, 0.05) is 32.6 Å². The van der Waals surface area contributed by atoms with Gasteiger partial charge in [-0.1, -0.05) is 6.92 Å². The molecule has 0 unspecified atom stereocenters. The van der Waals surface area contributed by atoms with Crippen molar-refractivity contribution >= 4 is 11.8 Å². The molecule has 0 radical (unpaired) electrons. The van der Waals surface area contributed by atoms with Gasteiger partial charge in [-0.3, -0.25) is 9.59 Å². The van der Waals surface area contributed by atoms with Crippen LogP contribution in [0.25, 0.3) is 0 Å². The molecule has 5 heteroatoms. The molecule has 2 saturated heterocycles. The number of rotatable bonds is 5. The lowest BCUT2D eigenvalue weighted by Crippen LogP contribution is -2.53. The summed E-state index contributed by atoms with van der Waals surface area (Å²) in [6, 6.07) is 0.238. The third kappa shape index (κ3) is 4.00. The number of likely N-dealkylation sites (N-methyl/N-ethyl adjacent to an activating group) is 2. The van der Waals surface area contributed by atoms with Crippen molar-refractivity contribution in [2.45, 2.75) is 64.0 Å². The van der Waals surface area contributed by atoms with Gasteiger partial charge >= 0.3 is 0 Å². The van der Waals surface area contributed by atoms with Gasteiger partial charge in [0.1, 0.15) is 6.04 Å². The molecule has 5 nitrogen and oxygen atoms in total. The molecule has 2 rings (SSSR count). The van der Waals surface area contributed by atoms with Gasteiger partial charge in [-0.15, -0.1) is 0 Å². The van der Waals surface area contributed by atoms with Crippen LogP contribution in [0.1, 0.15) is 51.9 Å². The van der Waals surface area contributed by atoms with Crippen LogP contribution in [0.5, 0.6) is 0 Å². The Bertz CT molecular complexity index is 399. The number of nitrogens with zero attached hydrogens (tertiary/aromatic N) is 3. The SMILES string of the molecule is CCCC(=O)N1CCCC[C@H]1C(=O)N(C)C[C@H]1CCCN1C. The van der Waals surface area contributed by atoms with Crippen molar-refractivity contribution in [2.24, 2.45) is 0 Å². The van der Waals surface area contributed by atoms with Crippen molar-refractivity contribution in [3.63, 3.8) is 0 Å². The summed E-state index contributed by atoms with van der Waals surface area (Å²) in [5, 5.41) is 0. The minimum atomic E-state index is -0.232. The Labute approximate surface area is 134 Å². The quantitative estimate of drug-likeness (QED) is 0.777. The minimum Gasteiger partial charge on any atom is -0.342 e. The number of carbonyl (C=O) groups excluding carboxylic acids is 2. The highest BCUT2D eigenvalue weighted by atomic mass is 16.2.